The normalized spacial score (nSPS) is 17.2. The van der Waals surface area contributed by atoms with Crippen LogP contribution in [0.2, 0.25) is 72.0 Å². The molecule has 140 valence electrons. The quantitative estimate of drug-likeness (QED) is 0.481. The Bertz CT molecular complexity index is 376. The summed E-state index contributed by atoms with van der Waals surface area (Å²) >= 11 is 0. The maximum absolute atomic E-state index is 6.71. The summed E-state index contributed by atoms with van der Waals surface area (Å²) in [6, 6.07) is 0. The van der Waals surface area contributed by atoms with Gasteiger partial charge in [-0.05, 0) is 59.3 Å². The van der Waals surface area contributed by atoms with Crippen LogP contribution >= 0.6 is 0 Å². The highest BCUT2D eigenvalue weighted by Crippen LogP contribution is 2.28. The molecule has 0 radical (unpaired) electrons. The lowest BCUT2D eigenvalue weighted by atomic mass is 10.9. The van der Waals surface area contributed by atoms with Crippen molar-refractivity contribution in [3.8, 4) is 0 Å². The molecule has 0 N–H and O–H groups in total. The molecule has 0 saturated heterocycles. The van der Waals surface area contributed by atoms with E-state index in [1.54, 1.807) is 0 Å². The molecule has 0 rings (SSSR count). The molecule has 0 spiro atoms. The molecule has 4 nitrogen and oxygen atoms in total. The van der Waals surface area contributed by atoms with E-state index in [0.717, 1.165) is 0 Å². The lowest BCUT2D eigenvalue weighted by Crippen LogP contribution is -2.64. The van der Waals surface area contributed by atoms with Gasteiger partial charge in [-0.2, -0.15) is 0 Å². The van der Waals surface area contributed by atoms with Crippen molar-refractivity contribution >= 4 is 40.9 Å². The highest BCUT2D eigenvalue weighted by molar-refractivity contribution is 7.38. The van der Waals surface area contributed by atoms with Gasteiger partial charge in [0.1, 0.15) is 0 Å². The number of ether oxygens (including phenoxy) is 1. The molecule has 1 atom stereocenters. The second-order valence-electron chi connectivity index (χ2n) is 9.35. The molecule has 1 unspecified atom stereocenters. The minimum Gasteiger partial charge on any atom is -0.439 e. The summed E-state index contributed by atoms with van der Waals surface area (Å²) in [5.41, 5.74) is 0. The van der Waals surface area contributed by atoms with E-state index in [2.05, 4.69) is 72.0 Å². The molecule has 0 aliphatic heterocycles. The third-order valence-corrected chi connectivity index (χ3v) is 31.8. The second-order valence-corrected chi connectivity index (χ2v) is 37.0. The van der Waals surface area contributed by atoms with Crippen LogP contribution in [0, 0.1) is 0 Å². The topological polar surface area (TPSA) is 36.9 Å². The first-order chi connectivity index (χ1) is 9.93. The van der Waals surface area contributed by atoms with Gasteiger partial charge in [-0.3, -0.25) is 0 Å². The van der Waals surface area contributed by atoms with Crippen LogP contribution in [0.3, 0.4) is 0 Å². The molecule has 0 bridgehead atoms. The van der Waals surface area contributed by atoms with Gasteiger partial charge in [0.25, 0.3) is 0 Å². The van der Waals surface area contributed by atoms with Crippen LogP contribution in [0.4, 0.5) is 0 Å². The van der Waals surface area contributed by atoms with Crippen molar-refractivity contribution in [2.24, 2.45) is 0 Å². The van der Waals surface area contributed by atoms with Crippen molar-refractivity contribution in [3.63, 3.8) is 0 Å². The van der Waals surface area contributed by atoms with Gasteiger partial charge in [0.05, 0.1) is 13.8 Å². The van der Waals surface area contributed by atoms with Gasteiger partial charge in [0, 0.05) is 6.61 Å². The fourth-order valence-electron chi connectivity index (χ4n) is 2.32. The van der Waals surface area contributed by atoms with Crippen LogP contribution in [0.5, 0.6) is 0 Å². The van der Waals surface area contributed by atoms with Crippen molar-refractivity contribution in [1.82, 2.24) is 0 Å². The Kier molecular flexibility index (Phi) is 8.41. The minimum absolute atomic E-state index is 0.586. The van der Waals surface area contributed by atoms with Gasteiger partial charge in [-0.1, -0.05) is 19.6 Å². The minimum atomic E-state index is -2.39. The van der Waals surface area contributed by atoms with Crippen LogP contribution in [0.15, 0.2) is 0 Å². The maximum atomic E-state index is 6.71. The Hall–Kier alpha value is 0.924. The van der Waals surface area contributed by atoms with Crippen molar-refractivity contribution < 1.29 is 17.1 Å². The van der Waals surface area contributed by atoms with Gasteiger partial charge in [0.2, 0.25) is 0 Å². The summed E-state index contributed by atoms with van der Waals surface area (Å²) in [4.78, 5) is 0. The van der Waals surface area contributed by atoms with E-state index in [9.17, 15) is 0 Å². The average molecular weight is 413 g/mol. The molecule has 0 aromatic heterocycles. The van der Waals surface area contributed by atoms with Crippen molar-refractivity contribution in [2.45, 2.75) is 78.9 Å². The van der Waals surface area contributed by atoms with Crippen molar-refractivity contribution in [1.29, 1.82) is 0 Å². The van der Waals surface area contributed by atoms with Crippen LogP contribution in [0.25, 0.3) is 0 Å². The lowest BCUT2D eigenvalue weighted by Gasteiger charge is -2.44. The van der Waals surface area contributed by atoms with Crippen LogP contribution in [-0.2, 0) is 17.1 Å². The number of rotatable bonds is 10. The highest BCUT2D eigenvalue weighted by atomic mass is 29.3. The van der Waals surface area contributed by atoms with Crippen LogP contribution in [0.1, 0.15) is 6.92 Å². The van der Waals surface area contributed by atoms with Gasteiger partial charge in [-0.15, -0.1) is 0 Å². The Morgan fingerprint density at radius 3 is 1.48 bits per heavy atom. The molecule has 0 amide bonds. The predicted molar refractivity (Wildman–Crippen MR) is 113 cm³/mol. The zero-order valence-corrected chi connectivity index (χ0v) is 22.5. The van der Waals surface area contributed by atoms with Gasteiger partial charge < -0.3 is 17.1 Å². The Balaban J connectivity index is 5.23. The molecule has 0 heterocycles. The molecule has 0 aromatic rings. The maximum Gasteiger partial charge on any atom is 0.342 e. The summed E-state index contributed by atoms with van der Waals surface area (Å²) in [7, 11) is -9.37. The zero-order valence-electron chi connectivity index (χ0n) is 17.5. The molecule has 0 aromatic carbocycles. The molecular formula is C14H40O4Si5. The monoisotopic (exact) mass is 412 g/mol. The van der Waals surface area contributed by atoms with Crippen molar-refractivity contribution in [2.75, 3.05) is 12.8 Å². The Morgan fingerprint density at radius 1 is 0.652 bits per heavy atom. The largest absolute Gasteiger partial charge is 0.439 e. The smallest absolute Gasteiger partial charge is 0.342 e. The molecular weight excluding hydrogens is 373 g/mol. The summed E-state index contributed by atoms with van der Waals surface area (Å²) in [5, 5.41) is 0. The summed E-state index contributed by atoms with van der Waals surface area (Å²) < 4.78 is 25.5. The van der Waals surface area contributed by atoms with Crippen molar-refractivity contribution in [3.05, 3.63) is 0 Å². The summed E-state index contributed by atoms with van der Waals surface area (Å²) in [6.45, 7) is 27.7. The van der Waals surface area contributed by atoms with E-state index >= 15 is 0 Å². The first-order valence-corrected chi connectivity index (χ1v) is 24.8. The highest BCUT2D eigenvalue weighted by Gasteiger charge is 2.48. The number of hydrogen-bond acceptors (Lipinski definition) is 4. The molecule has 23 heavy (non-hydrogen) atoms. The zero-order chi connectivity index (χ0) is 18.7. The molecule has 0 aliphatic carbocycles. The molecule has 0 saturated carbocycles. The van der Waals surface area contributed by atoms with E-state index < -0.39 is 40.9 Å². The lowest BCUT2D eigenvalue weighted by molar-refractivity contribution is 0.158. The first kappa shape index (κ1) is 23.9. The summed E-state index contributed by atoms with van der Waals surface area (Å²) in [6.07, 6.45) is 0.586. The van der Waals surface area contributed by atoms with E-state index in [4.69, 9.17) is 17.1 Å². The van der Waals surface area contributed by atoms with Gasteiger partial charge in [-0.25, -0.2) is 0 Å². The van der Waals surface area contributed by atoms with E-state index in [1.165, 1.54) is 0 Å². The third-order valence-electron chi connectivity index (χ3n) is 3.86. The molecule has 9 heteroatoms. The Morgan fingerprint density at radius 2 is 1.13 bits per heavy atom. The summed E-state index contributed by atoms with van der Waals surface area (Å²) in [5.74, 6) is 0. The van der Waals surface area contributed by atoms with E-state index in [-0.39, 0.29) is 0 Å². The standard InChI is InChI=1S/C14H40O4Si5/c1-13-15-14-23(12,16-19(2,3)4)18-21(8,9)17-22(10,11)20(5,6)7/h13-14H2,1-12H3. The number of hydrogen-bond donors (Lipinski definition) is 0. The van der Waals surface area contributed by atoms with E-state index in [1.807, 2.05) is 6.92 Å². The van der Waals surface area contributed by atoms with Crippen LogP contribution in [-0.4, -0.2) is 53.7 Å². The predicted octanol–water partition coefficient (Wildman–Crippen LogP) is 4.84. The fraction of sp³-hybridized carbons (Fsp3) is 1.00. The average Bonchev–Trinajstić information content (AvgIpc) is 2.19. The van der Waals surface area contributed by atoms with Gasteiger partial charge >= 0.3 is 17.1 Å². The van der Waals surface area contributed by atoms with Gasteiger partial charge in [0.15, 0.2) is 16.2 Å². The molecule has 0 fully saturated rings. The second kappa shape index (κ2) is 8.08. The Labute approximate surface area is 149 Å². The first-order valence-electron chi connectivity index (χ1n) is 8.61. The fourth-order valence-corrected chi connectivity index (χ4v) is 24.9. The van der Waals surface area contributed by atoms with Crippen LogP contribution < -0.4 is 0 Å². The SMILES string of the molecule is CCOC[Si](C)(O[Si](C)(C)C)O[Si](C)(C)O[Si](C)(C)[Si](C)(C)C. The molecule has 0 aliphatic rings. The third kappa shape index (κ3) is 9.26. The van der Waals surface area contributed by atoms with E-state index in [0.29, 0.717) is 12.8 Å².